The molecule has 2 aromatic rings. The molecule has 23 heavy (non-hydrogen) atoms. The quantitative estimate of drug-likeness (QED) is 0.741. The maximum atomic E-state index is 11.6. The van der Waals surface area contributed by atoms with Crippen molar-refractivity contribution in [2.24, 2.45) is 0 Å². The molecule has 0 amide bonds. The molecule has 0 fully saturated rings. The third-order valence-corrected chi connectivity index (χ3v) is 4.14. The highest BCUT2D eigenvalue weighted by molar-refractivity contribution is 6.30. The van der Waals surface area contributed by atoms with Gasteiger partial charge in [0, 0.05) is 5.02 Å². The van der Waals surface area contributed by atoms with Crippen LogP contribution in [0.2, 0.25) is 5.02 Å². The van der Waals surface area contributed by atoms with Gasteiger partial charge in [0.25, 0.3) is 0 Å². The molecule has 0 radical (unpaired) electrons. The number of methoxy groups -OCH3 is 1. The van der Waals surface area contributed by atoms with Gasteiger partial charge in [-0.3, -0.25) is 4.79 Å². The molecule has 0 saturated carbocycles. The van der Waals surface area contributed by atoms with Crippen LogP contribution in [-0.4, -0.2) is 18.2 Å². The minimum absolute atomic E-state index is 0.517. The van der Waals surface area contributed by atoms with Crippen molar-refractivity contribution < 1.29 is 14.6 Å². The summed E-state index contributed by atoms with van der Waals surface area (Å²) in [6.45, 7) is 2.06. The molecule has 0 bridgehead atoms. The van der Waals surface area contributed by atoms with Crippen molar-refractivity contribution in [2.45, 2.75) is 32.1 Å². The molecule has 0 aliphatic rings. The number of hydrogen-bond acceptors (Lipinski definition) is 2. The highest BCUT2D eigenvalue weighted by atomic mass is 35.5. The maximum Gasteiger partial charge on any atom is 0.310 e. The van der Waals surface area contributed by atoms with Gasteiger partial charge < -0.3 is 9.84 Å². The van der Waals surface area contributed by atoms with Gasteiger partial charge in [-0.05, 0) is 47.4 Å². The van der Waals surface area contributed by atoms with E-state index in [1.807, 2.05) is 42.5 Å². The molecule has 4 heteroatoms. The molecule has 1 unspecified atom stereocenters. The Kier molecular flexibility index (Phi) is 6.05. The fourth-order valence-electron chi connectivity index (χ4n) is 2.59. The number of halogens is 1. The maximum absolute atomic E-state index is 11.6. The first-order valence-electron chi connectivity index (χ1n) is 7.73. The molecular formula is C19H21ClO3. The van der Waals surface area contributed by atoms with Crippen LogP contribution in [0.5, 0.6) is 5.75 Å². The van der Waals surface area contributed by atoms with Gasteiger partial charge >= 0.3 is 5.97 Å². The van der Waals surface area contributed by atoms with Crippen LogP contribution < -0.4 is 4.74 Å². The minimum Gasteiger partial charge on any atom is -0.497 e. The molecule has 2 rings (SSSR count). The number of aliphatic carboxylic acids is 1. The summed E-state index contributed by atoms with van der Waals surface area (Å²) in [5.74, 6) is -0.653. The Morgan fingerprint density at radius 2 is 1.87 bits per heavy atom. The molecule has 0 aliphatic carbocycles. The molecular weight excluding hydrogens is 312 g/mol. The molecule has 1 N–H and O–H groups in total. The van der Waals surface area contributed by atoms with Crippen LogP contribution in [0, 0.1) is 0 Å². The van der Waals surface area contributed by atoms with Crippen LogP contribution in [0.3, 0.4) is 0 Å². The average molecular weight is 333 g/mol. The zero-order valence-corrected chi connectivity index (χ0v) is 14.1. The summed E-state index contributed by atoms with van der Waals surface area (Å²) in [6.07, 6.45) is 2.47. The van der Waals surface area contributed by atoms with Crippen LogP contribution >= 0.6 is 11.6 Å². The Hall–Kier alpha value is -2.00. The van der Waals surface area contributed by atoms with Gasteiger partial charge in [-0.2, -0.15) is 0 Å². The van der Waals surface area contributed by atoms with Crippen molar-refractivity contribution in [3.05, 3.63) is 53.1 Å². The summed E-state index contributed by atoms with van der Waals surface area (Å²) in [6, 6.07) is 13.1. The summed E-state index contributed by atoms with van der Waals surface area (Å²) in [5, 5.41) is 10.2. The van der Waals surface area contributed by atoms with Gasteiger partial charge in [0.05, 0.1) is 13.0 Å². The number of hydrogen-bond donors (Lipinski definition) is 1. The van der Waals surface area contributed by atoms with E-state index in [0.717, 1.165) is 29.5 Å². The zero-order chi connectivity index (χ0) is 16.8. The number of carboxylic acid groups (broad SMARTS) is 1. The smallest absolute Gasteiger partial charge is 0.310 e. The Balaban J connectivity index is 2.45. The van der Waals surface area contributed by atoms with Crippen molar-refractivity contribution in [1.29, 1.82) is 0 Å². The number of carboxylic acids is 1. The summed E-state index contributed by atoms with van der Waals surface area (Å²) in [5.41, 5.74) is 2.68. The van der Waals surface area contributed by atoms with Crippen molar-refractivity contribution in [2.75, 3.05) is 7.11 Å². The molecule has 2 aromatic carbocycles. The molecule has 0 aliphatic heterocycles. The van der Waals surface area contributed by atoms with Crippen LogP contribution in [-0.2, 0) is 4.79 Å². The van der Waals surface area contributed by atoms with Crippen LogP contribution in [0.25, 0.3) is 11.1 Å². The van der Waals surface area contributed by atoms with Crippen LogP contribution in [0.15, 0.2) is 42.5 Å². The molecule has 0 saturated heterocycles. The van der Waals surface area contributed by atoms with Gasteiger partial charge in [0.2, 0.25) is 0 Å². The second-order valence-corrected chi connectivity index (χ2v) is 5.97. The van der Waals surface area contributed by atoms with Crippen molar-refractivity contribution in [3.63, 3.8) is 0 Å². The first kappa shape index (κ1) is 17.4. The summed E-state index contributed by atoms with van der Waals surface area (Å²) >= 11 is 5.94. The van der Waals surface area contributed by atoms with Gasteiger partial charge in [-0.15, -0.1) is 0 Å². The normalized spacial score (nSPS) is 12.0. The molecule has 1 atom stereocenters. The SMILES string of the molecule is CCCCC(C(=O)O)c1cc(OC)cc(-c2ccc(Cl)cc2)c1. The monoisotopic (exact) mass is 332 g/mol. The van der Waals surface area contributed by atoms with E-state index in [1.165, 1.54) is 0 Å². The lowest BCUT2D eigenvalue weighted by Gasteiger charge is -2.15. The fourth-order valence-corrected chi connectivity index (χ4v) is 2.72. The molecule has 3 nitrogen and oxygen atoms in total. The van der Waals surface area contributed by atoms with Gasteiger partial charge in [0.15, 0.2) is 0 Å². The van der Waals surface area contributed by atoms with Gasteiger partial charge in [-0.1, -0.05) is 49.6 Å². The number of unbranched alkanes of at least 4 members (excludes halogenated alkanes) is 1. The molecule has 0 heterocycles. The summed E-state index contributed by atoms with van der Waals surface area (Å²) in [7, 11) is 1.59. The van der Waals surface area contributed by atoms with Gasteiger partial charge in [-0.25, -0.2) is 0 Å². The van der Waals surface area contributed by atoms with Crippen molar-refractivity contribution in [3.8, 4) is 16.9 Å². The van der Waals surface area contributed by atoms with Crippen LogP contribution in [0.1, 0.15) is 37.7 Å². The summed E-state index contributed by atoms with van der Waals surface area (Å²) in [4.78, 5) is 11.6. The van der Waals surface area contributed by atoms with E-state index in [9.17, 15) is 9.90 Å². The van der Waals surface area contributed by atoms with E-state index >= 15 is 0 Å². The third-order valence-electron chi connectivity index (χ3n) is 3.89. The van der Waals surface area contributed by atoms with E-state index in [0.29, 0.717) is 17.2 Å². The molecule has 122 valence electrons. The number of ether oxygens (including phenoxy) is 1. The first-order chi connectivity index (χ1) is 11.0. The Bertz CT molecular complexity index is 665. The Morgan fingerprint density at radius 3 is 2.43 bits per heavy atom. The first-order valence-corrected chi connectivity index (χ1v) is 8.10. The lowest BCUT2D eigenvalue weighted by Crippen LogP contribution is -2.12. The number of benzene rings is 2. The summed E-state index contributed by atoms with van der Waals surface area (Å²) < 4.78 is 5.36. The zero-order valence-electron chi connectivity index (χ0n) is 13.4. The van der Waals surface area contributed by atoms with Gasteiger partial charge in [0.1, 0.15) is 5.75 Å². The molecule has 0 aromatic heterocycles. The number of rotatable bonds is 7. The minimum atomic E-state index is -0.797. The fraction of sp³-hybridized carbons (Fsp3) is 0.316. The van der Waals surface area contributed by atoms with Crippen molar-refractivity contribution >= 4 is 17.6 Å². The van der Waals surface area contributed by atoms with E-state index in [4.69, 9.17) is 16.3 Å². The van der Waals surface area contributed by atoms with Crippen LogP contribution in [0.4, 0.5) is 0 Å². The highest BCUT2D eigenvalue weighted by Crippen LogP contribution is 2.32. The Morgan fingerprint density at radius 1 is 1.17 bits per heavy atom. The average Bonchev–Trinajstić information content (AvgIpc) is 2.55. The largest absolute Gasteiger partial charge is 0.497 e. The van der Waals surface area contributed by atoms with Crippen molar-refractivity contribution in [1.82, 2.24) is 0 Å². The standard InChI is InChI=1S/C19H21ClO3/c1-3-4-5-18(19(21)22)15-10-14(11-17(12-15)23-2)13-6-8-16(20)9-7-13/h6-12,18H,3-5H2,1-2H3,(H,21,22). The lowest BCUT2D eigenvalue weighted by atomic mass is 9.91. The predicted octanol–water partition coefficient (Wildman–Crippen LogP) is 5.37. The van der Waals surface area contributed by atoms with E-state index < -0.39 is 11.9 Å². The third kappa shape index (κ3) is 4.49. The highest BCUT2D eigenvalue weighted by Gasteiger charge is 2.20. The lowest BCUT2D eigenvalue weighted by molar-refractivity contribution is -0.139. The number of carbonyl (C=O) groups is 1. The topological polar surface area (TPSA) is 46.5 Å². The second kappa shape index (κ2) is 8.02. The van der Waals surface area contributed by atoms with E-state index in [-0.39, 0.29) is 0 Å². The molecule has 0 spiro atoms. The predicted molar refractivity (Wildman–Crippen MR) is 93.3 cm³/mol. The second-order valence-electron chi connectivity index (χ2n) is 5.53. The van der Waals surface area contributed by atoms with E-state index in [2.05, 4.69) is 6.92 Å². The van der Waals surface area contributed by atoms with E-state index in [1.54, 1.807) is 7.11 Å². The Labute approximate surface area is 141 Å².